The van der Waals surface area contributed by atoms with Gasteiger partial charge in [-0.3, -0.25) is 9.97 Å². The number of hydrogen-bond acceptors (Lipinski definition) is 2. The van der Waals surface area contributed by atoms with Crippen molar-refractivity contribution in [1.29, 1.82) is 0 Å². The van der Waals surface area contributed by atoms with Crippen LogP contribution >= 0.6 is 0 Å². The smallest absolute Gasteiger partial charge is 0.664 e. The first-order valence-corrected chi connectivity index (χ1v) is 18.4. The fraction of sp³-hybridized carbons (Fsp3) is 0.650. The maximum Gasteiger partial charge on any atom is 2.00 e. The molecule has 241 valence electrons. The summed E-state index contributed by atoms with van der Waals surface area (Å²) < 4.78 is 0. The molecule has 5 heterocycles. The monoisotopic (exact) mass is 649 g/mol. The minimum atomic E-state index is 0. The fourth-order valence-corrected chi connectivity index (χ4v) is 11.2. The first-order chi connectivity index (χ1) is 21.5. The Labute approximate surface area is 280 Å². The summed E-state index contributed by atoms with van der Waals surface area (Å²) in [5, 5.41) is 0. The maximum atomic E-state index is 5.70. The van der Waals surface area contributed by atoms with Gasteiger partial charge in [0.1, 0.15) is 0 Å². The molecule has 5 heteroatoms. The molecule has 45 heavy (non-hydrogen) atoms. The fourth-order valence-electron chi connectivity index (χ4n) is 11.2. The number of aryl methyl sites for hydroxylation is 4. The summed E-state index contributed by atoms with van der Waals surface area (Å²) in [6.45, 7) is 9.52. The van der Waals surface area contributed by atoms with E-state index in [0.717, 1.165) is 12.8 Å². The Kier molecular flexibility index (Phi) is 7.76. The predicted octanol–water partition coefficient (Wildman–Crippen LogP) is 9.73. The third-order valence-corrected chi connectivity index (χ3v) is 13.4. The van der Waals surface area contributed by atoms with Gasteiger partial charge in [-0.2, -0.15) is 11.4 Å². The van der Waals surface area contributed by atoms with Crippen molar-refractivity contribution in [1.82, 2.24) is 19.9 Å². The van der Waals surface area contributed by atoms with E-state index in [-0.39, 0.29) is 17.1 Å². The SMILES string of the molecule is Cc1c2nc(c(C)c3[n-]c(c(C)c4nc(c(C)c5[n-]c1C1CCCCC51)C1CCCCC41)c1c3CCCC1)C1CCCCC21.[Cu+2]. The third-order valence-electron chi connectivity index (χ3n) is 13.4. The molecule has 9 rings (SSSR count). The molecule has 0 N–H and O–H groups in total. The van der Waals surface area contributed by atoms with Crippen LogP contribution in [0.25, 0.3) is 11.0 Å². The van der Waals surface area contributed by atoms with Crippen LogP contribution in [0, 0.1) is 27.7 Å². The molecule has 2 aromatic rings. The Morgan fingerprint density at radius 2 is 0.756 bits per heavy atom. The molecule has 0 saturated heterocycles. The molecule has 1 radical (unpaired) electrons. The summed E-state index contributed by atoms with van der Waals surface area (Å²) in [7, 11) is 0. The summed E-state index contributed by atoms with van der Waals surface area (Å²) in [4.78, 5) is 22.7. The van der Waals surface area contributed by atoms with Crippen LogP contribution in [0.3, 0.4) is 0 Å². The quantitative estimate of drug-likeness (QED) is 0.267. The normalized spacial score (nSPS) is 29.5. The van der Waals surface area contributed by atoms with E-state index < -0.39 is 0 Å². The van der Waals surface area contributed by atoms with Crippen LogP contribution in [0.4, 0.5) is 0 Å². The first-order valence-electron chi connectivity index (χ1n) is 18.4. The third kappa shape index (κ3) is 4.49. The van der Waals surface area contributed by atoms with Gasteiger partial charge < -0.3 is 9.97 Å². The van der Waals surface area contributed by atoms with Gasteiger partial charge in [0, 0.05) is 46.4 Å². The molecule has 8 bridgehead atoms. The zero-order chi connectivity index (χ0) is 29.7. The van der Waals surface area contributed by atoms with Crippen LogP contribution < -0.4 is 9.97 Å². The molecule has 6 atom stereocenters. The molecule has 0 spiro atoms. The van der Waals surface area contributed by atoms with Crippen molar-refractivity contribution in [3.63, 3.8) is 0 Å². The van der Waals surface area contributed by atoms with Crippen molar-refractivity contribution < 1.29 is 17.1 Å². The zero-order valence-corrected chi connectivity index (χ0v) is 28.8. The van der Waals surface area contributed by atoms with E-state index >= 15 is 0 Å². The molecule has 0 aromatic carbocycles. The summed E-state index contributed by atoms with van der Waals surface area (Å²) >= 11 is 0. The second-order valence-electron chi connectivity index (χ2n) is 15.6. The predicted molar refractivity (Wildman–Crippen MR) is 178 cm³/mol. The molecule has 0 amide bonds. The zero-order valence-electron chi connectivity index (χ0n) is 27.9. The molecule has 4 nitrogen and oxygen atoms in total. The topological polar surface area (TPSA) is 54.0 Å². The first kappa shape index (κ1) is 30.2. The Hall–Kier alpha value is -2.10. The van der Waals surface area contributed by atoms with Gasteiger partial charge in [-0.1, -0.05) is 49.7 Å². The van der Waals surface area contributed by atoms with Crippen molar-refractivity contribution in [2.45, 2.75) is 166 Å². The van der Waals surface area contributed by atoms with E-state index in [1.807, 2.05) is 0 Å². The number of fused-ring (bicyclic) bond motifs is 20. The van der Waals surface area contributed by atoms with Crippen molar-refractivity contribution in [3.05, 3.63) is 67.5 Å². The van der Waals surface area contributed by atoms with Gasteiger partial charge >= 0.3 is 17.1 Å². The number of aromatic nitrogens is 4. The Bertz CT molecular complexity index is 1600. The molecule has 2 aromatic heterocycles. The summed E-state index contributed by atoms with van der Waals surface area (Å²) in [6.07, 6.45) is 20.4. The second-order valence-corrected chi connectivity index (χ2v) is 15.6. The summed E-state index contributed by atoms with van der Waals surface area (Å²) in [5.41, 5.74) is 19.4. The maximum absolute atomic E-state index is 5.70. The van der Waals surface area contributed by atoms with Crippen LogP contribution in [0.5, 0.6) is 0 Å². The standard InChI is InChI=1S/C40H50N4.Cu/c1-21-33-25-13-5-7-15-27(25)35(41-33)22(2)37-29-17-9-11-19-31(29)39(43-37)24(4)40-32-20-12-10-18-30(32)38(44-40)23(3)36-28-16-8-6-14-26(28)34(21)42-36;/h25-29,31H,5-20H2,1-4H3;/q-2;+2. The van der Waals surface area contributed by atoms with E-state index in [9.17, 15) is 0 Å². The van der Waals surface area contributed by atoms with Crippen molar-refractivity contribution >= 4 is 11.0 Å². The van der Waals surface area contributed by atoms with Gasteiger partial charge in [0.25, 0.3) is 0 Å². The molecule has 3 aliphatic heterocycles. The Morgan fingerprint density at radius 1 is 0.422 bits per heavy atom. The van der Waals surface area contributed by atoms with E-state index in [1.54, 1.807) is 0 Å². The summed E-state index contributed by atoms with van der Waals surface area (Å²) in [5.74, 6) is 3.26. The van der Waals surface area contributed by atoms with Crippen LogP contribution in [-0.4, -0.2) is 9.97 Å². The van der Waals surface area contributed by atoms with Gasteiger partial charge in [0.05, 0.1) is 0 Å². The van der Waals surface area contributed by atoms with E-state index in [2.05, 4.69) is 27.7 Å². The number of hydrogen-bond donors (Lipinski definition) is 0. The average molecular weight is 650 g/mol. The molecule has 3 saturated carbocycles. The Balaban J connectivity index is 0.00000300. The van der Waals surface area contributed by atoms with Crippen LogP contribution in [0.15, 0.2) is 0 Å². The summed E-state index contributed by atoms with van der Waals surface area (Å²) in [6, 6.07) is 0. The molecular weight excluding hydrogens is 600 g/mol. The molecular formula is C40H50CuN4. The largest absolute Gasteiger partial charge is 2.00 e. The molecule has 3 fully saturated rings. The molecule has 4 aliphatic carbocycles. The average Bonchev–Trinajstić information content (AvgIpc) is 3.84. The van der Waals surface area contributed by atoms with Crippen molar-refractivity contribution in [2.75, 3.05) is 0 Å². The van der Waals surface area contributed by atoms with Gasteiger partial charge in [-0.15, -0.1) is 11.0 Å². The van der Waals surface area contributed by atoms with E-state index in [4.69, 9.17) is 19.9 Å². The van der Waals surface area contributed by atoms with Crippen LogP contribution in [0.1, 0.15) is 193 Å². The number of nitrogens with zero attached hydrogens (tertiary/aromatic N) is 4. The van der Waals surface area contributed by atoms with Gasteiger partial charge in [-0.05, 0) is 126 Å². The van der Waals surface area contributed by atoms with Gasteiger partial charge in [0.15, 0.2) is 0 Å². The van der Waals surface area contributed by atoms with Crippen molar-refractivity contribution in [3.8, 4) is 0 Å². The number of rotatable bonds is 0. The molecule has 6 unspecified atom stereocenters. The van der Waals surface area contributed by atoms with Crippen molar-refractivity contribution in [2.24, 2.45) is 0 Å². The van der Waals surface area contributed by atoms with Crippen LogP contribution in [-0.2, 0) is 29.9 Å². The van der Waals surface area contributed by atoms with Gasteiger partial charge in [0.2, 0.25) is 0 Å². The van der Waals surface area contributed by atoms with E-state index in [0.29, 0.717) is 35.5 Å². The molecule has 7 aliphatic rings. The Morgan fingerprint density at radius 3 is 1.13 bits per heavy atom. The van der Waals surface area contributed by atoms with E-state index in [1.165, 1.54) is 168 Å². The van der Waals surface area contributed by atoms with Crippen LogP contribution in [0.2, 0.25) is 0 Å². The second kappa shape index (κ2) is 11.5. The minimum absolute atomic E-state index is 0. The minimum Gasteiger partial charge on any atom is -0.664 e. The van der Waals surface area contributed by atoms with Gasteiger partial charge in [-0.25, -0.2) is 0 Å².